The molecule has 0 aliphatic carbocycles. The lowest BCUT2D eigenvalue weighted by Gasteiger charge is -2.30. The molecule has 2 fully saturated rings. The minimum atomic E-state index is -0.428. The molecule has 0 spiro atoms. The number of hydrazone groups is 1. The number of nitrogens with zero attached hydrogens (tertiary/aromatic N) is 6. The lowest BCUT2D eigenvalue weighted by molar-refractivity contribution is 0.121. The fourth-order valence-corrected chi connectivity index (χ4v) is 4.30. The SMILES string of the molecule is COc1cc(C=NNc2nc(N3CCOCC3)nc(N3CCOCC3)n2)ccc1OCc1c(F)cccc1Cl. The van der Waals surface area contributed by atoms with Gasteiger partial charge in [-0.2, -0.15) is 20.1 Å². The second-order valence-corrected chi connectivity index (χ2v) is 9.13. The van der Waals surface area contributed by atoms with E-state index in [1.165, 1.54) is 13.2 Å². The van der Waals surface area contributed by atoms with Gasteiger partial charge in [-0.25, -0.2) is 9.82 Å². The summed E-state index contributed by atoms with van der Waals surface area (Å²) >= 11 is 6.10. The van der Waals surface area contributed by atoms with E-state index in [1.54, 1.807) is 36.5 Å². The highest BCUT2D eigenvalue weighted by atomic mass is 35.5. The van der Waals surface area contributed by atoms with Crippen LogP contribution >= 0.6 is 11.6 Å². The zero-order valence-electron chi connectivity index (χ0n) is 21.5. The van der Waals surface area contributed by atoms with E-state index in [0.717, 1.165) is 5.56 Å². The Bertz CT molecular complexity index is 1250. The molecule has 1 aromatic heterocycles. The molecule has 0 saturated carbocycles. The number of halogens is 2. The number of aromatic nitrogens is 3. The van der Waals surface area contributed by atoms with Crippen LogP contribution in [0.3, 0.4) is 0 Å². The summed E-state index contributed by atoms with van der Waals surface area (Å²) in [7, 11) is 1.53. The van der Waals surface area contributed by atoms with E-state index in [1.807, 2.05) is 0 Å². The van der Waals surface area contributed by atoms with Crippen LogP contribution < -0.4 is 24.7 Å². The fraction of sp³-hybridized carbons (Fsp3) is 0.385. The molecule has 0 atom stereocenters. The number of hydrogen-bond acceptors (Lipinski definition) is 11. The van der Waals surface area contributed by atoms with E-state index < -0.39 is 5.82 Å². The number of benzene rings is 2. The van der Waals surface area contributed by atoms with Crippen molar-refractivity contribution in [1.29, 1.82) is 0 Å². The van der Waals surface area contributed by atoms with E-state index in [-0.39, 0.29) is 12.2 Å². The minimum Gasteiger partial charge on any atom is -0.493 e. The Morgan fingerprint density at radius 1 is 0.974 bits per heavy atom. The van der Waals surface area contributed by atoms with Crippen molar-refractivity contribution in [3.8, 4) is 11.5 Å². The normalized spacial score (nSPS) is 16.0. The van der Waals surface area contributed by atoms with Gasteiger partial charge in [0.1, 0.15) is 12.4 Å². The van der Waals surface area contributed by atoms with Gasteiger partial charge in [-0.05, 0) is 35.9 Å². The van der Waals surface area contributed by atoms with Gasteiger partial charge in [0.2, 0.25) is 17.8 Å². The number of anilines is 3. The summed E-state index contributed by atoms with van der Waals surface area (Å²) < 4.78 is 36.3. The summed E-state index contributed by atoms with van der Waals surface area (Å²) in [6.07, 6.45) is 1.62. The fourth-order valence-electron chi connectivity index (χ4n) is 4.08. The molecule has 0 radical (unpaired) electrons. The zero-order chi connectivity index (χ0) is 27.0. The average molecular weight is 558 g/mol. The molecule has 0 amide bonds. The molecule has 3 heterocycles. The van der Waals surface area contributed by atoms with Crippen LogP contribution in [-0.4, -0.2) is 80.9 Å². The third-order valence-electron chi connectivity index (χ3n) is 6.20. The van der Waals surface area contributed by atoms with Gasteiger partial charge in [0.05, 0.1) is 44.8 Å². The molecule has 206 valence electrons. The number of rotatable bonds is 9. The first kappa shape index (κ1) is 26.9. The Labute approximate surface area is 230 Å². The monoisotopic (exact) mass is 557 g/mol. The molecular formula is C26H29ClFN7O4. The lowest BCUT2D eigenvalue weighted by atomic mass is 10.2. The molecule has 0 bridgehead atoms. The second kappa shape index (κ2) is 12.9. The largest absolute Gasteiger partial charge is 0.493 e. The van der Waals surface area contributed by atoms with E-state index in [2.05, 4.69) is 30.3 Å². The average Bonchev–Trinajstić information content (AvgIpc) is 2.98. The first-order valence-corrected chi connectivity index (χ1v) is 12.9. The highest BCUT2D eigenvalue weighted by Crippen LogP contribution is 2.30. The summed E-state index contributed by atoms with van der Waals surface area (Å²) in [5, 5.41) is 4.63. The molecule has 2 aromatic carbocycles. The van der Waals surface area contributed by atoms with Crippen molar-refractivity contribution in [1.82, 2.24) is 15.0 Å². The Kier molecular flexibility index (Phi) is 8.86. The van der Waals surface area contributed by atoms with E-state index in [4.69, 9.17) is 35.5 Å². The van der Waals surface area contributed by atoms with Gasteiger partial charge in [-0.15, -0.1) is 0 Å². The third-order valence-corrected chi connectivity index (χ3v) is 6.55. The van der Waals surface area contributed by atoms with Gasteiger partial charge >= 0.3 is 0 Å². The summed E-state index contributed by atoms with van der Waals surface area (Å²) in [6, 6.07) is 9.80. The van der Waals surface area contributed by atoms with Crippen LogP contribution in [-0.2, 0) is 16.1 Å². The molecule has 2 saturated heterocycles. The molecule has 39 heavy (non-hydrogen) atoms. The first-order valence-electron chi connectivity index (χ1n) is 12.5. The smallest absolute Gasteiger partial charge is 0.250 e. The molecule has 11 nitrogen and oxygen atoms in total. The van der Waals surface area contributed by atoms with Crippen LogP contribution in [0.1, 0.15) is 11.1 Å². The lowest BCUT2D eigenvalue weighted by Crippen LogP contribution is -2.40. The molecule has 2 aliphatic rings. The number of methoxy groups -OCH3 is 1. The number of ether oxygens (including phenoxy) is 4. The molecule has 13 heteroatoms. The van der Waals surface area contributed by atoms with Crippen molar-refractivity contribution < 1.29 is 23.3 Å². The number of nitrogens with one attached hydrogen (secondary N) is 1. The van der Waals surface area contributed by atoms with Gasteiger partial charge in [0, 0.05) is 31.7 Å². The van der Waals surface area contributed by atoms with E-state index in [9.17, 15) is 4.39 Å². The van der Waals surface area contributed by atoms with E-state index >= 15 is 0 Å². The first-order chi connectivity index (χ1) is 19.1. The van der Waals surface area contributed by atoms with Gasteiger partial charge in [-0.1, -0.05) is 17.7 Å². The van der Waals surface area contributed by atoms with Crippen molar-refractivity contribution >= 4 is 35.7 Å². The Morgan fingerprint density at radius 3 is 2.26 bits per heavy atom. The van der Waals surface area contributed by atoms with Crippen LogP contribution in [0.2, 0.25) is 5.02 Å². The van der Waals surface area contributed by atoms with Crippen LogP contribution in [0, 0.1) is 5.82 Å². The maximum atomic E-state index is 14.1. The van der Waals surface area contributed by atoms with Crippen molar-refractivity contribution in [2.45, 2.75) is 6.61 Å². The van der Waals surface area contributed by atoms with Crippen molar-refractivity contribution in [3.05, 3.63) is 58.4 Å². The predicted octanol–water partition coefficient (Wildman–Crippen LogP) is 3.37. The summed E-state index contributed by atoms with van der Waals surface area (Å²) in [6.45, 7) is 5.25. The van der Waals surface area contributed by atoms with Crippen LogP contribution in [0.15, 0.2) is 41.5 Å². The Balaban J connectivity index is 1.29. The molecular weight excluding hydrogens is 529 g/mol. The van der Waals surface area contributed by atoms with Gasteiger partial charge < -0.3 is 28.7 Å². The standard InChI is InChI=1S/C26H29ClFN7O4/c1-36-23-15-18(5-6-22(23)39-17-19-20(27)3-2-4-21(19)28)16-29-33-24-30-25(34-7-11-37-12-8-34)32-26(31-24)35-9-13-38-14-10-35/h2-6,15-16H,7-14,17H2,1H3,(H,30,31,32,33). The number of hydrogen-bond donors (Lipinski definition) is 1. The zero-order valence-corrected chi connectivity index (χ0v) is 22.2. The quantitative estimate of drug-likeness (QED) is 0.311. The summed E-state index contributed by atoms with van der Waals surface area (Å²) in [4.78, 5) is 18.0. The molecule has 2 aliphatic heterocycles. The van der Waals surface area contributed by atoms with Crippen molar-refractivity contribution in [2.75, 3.05) is 74.9 Å². The Hall–Kier alpha value is -3.74. The molecule has 1 N–H and O–H groups in total. The van der Waals surface area contributed by atoms with Crippen LogP contribution in [0.4, 0.5) is 22.2 Å². The van der Waals surface area contributed by atoms with Gasteiger partial charge in [0.15, 0.2) is 11.5 Å². The maximum Gasteiger partial charge on any atom is 0.250 e. The van der Waals surface area contributed by atoms with Crippen molar-refractivity contribution in [2.24, 2.45) is 5.10 Å². The topological polar surface area (TPSA) is 106 Å². The molecule has 3 aromatic rings. The third kappa shape index (κ3) is 6.83. The second-order valence-electron chi connectivity index (χ2n) is 8.73. The Morgan fingerprint density at radius 2 is 1.64 bits per heavy atom. The highest BCUT2D eigenvalue weighted by Gasteiger charge is 2.20. The maximum absolute atomic E-state index is 14.1. The van der Waals surface area contributed by atoms with Crippen molar-refractivity contribution in [3.63, 3.8) is 0 Å². The number of morpholine rings is 2. The molecule has 5 rings (SSSR count). The van der Waals surface area contributed by atoms with E-state index in [0.29, 0.717) is 87.0 Å². The van der Waals surface area contributed by atoms with Crippen LogP contribution in [0.25, 0.3) is 0 Å². The predicted molar refractivity (Wildman–Crippen MR) is 146 cm³/mol. The van der Waals surface area contributed by atoms with Gasteiger partial charge in [-0.3, -0.25) is 0 Å². The minimum absolute atomic E-state index is 0.0345. The summed E-state index contributed by atoms with van der Waals surface area (Å²) in [5.74, 6) is 1.97. The molecule has 0 unspecified atom stereocenters. The summed E-state index contributed by atoms with van der Waals surface area (Å²) in [5.41, 5.74) is 3.95. The highest BCUT2D eigenvalue weighted by molar-refractivity contribution is 6.31. The van der Waals surface area contributed by atoms with Crippen LogP contribution in [0.5, 0.6) is 11.5 Å². The van der Waals surface area contributed by atoms with Gasteiger partial charge in [0.25, 0.3) is 0 Å².